The molecule has 0 saturated carbocycles. The highest BCUT2D eigenvalue weighted by Crippen LogP contribution is 2.08. The van der Waals surface area contributed by atoms with Gasteiger partial charge in [-0.1, -0.05) is 13.3 Å². The van der Waals surface area contributed by atoms with Crippen LogP contribution in [-0.2, 0) is 9.59 Å². The Balaban J connectivity index is 4.57. The number of carbonyl (C=O) groups excluding carboxylic acids is 1. The van der Waals surface area contributed by atoms with Crippen LogP contribution in [0.4, 0.5) is 0 Å². The molecule has 0 aliphatic heterocycles. The number of nitrogens with zero attached hydrogens (tertiary/aromatic N) is 1. The minimum Gasteiger partial charge on any atom is -0.480 e. The summed E-state index contributed by atoms with van der Waals surface area (Å²) in [7, 11) is 0. The number of carboxylic acids is 1. The van der Waals surface area contributed by atoms with E-state index in [0.717, 1.165) is 6.42 Å². The Hall–Kier alpha value is -0.770. The van der Waals surface area contributed by atoms with Crippen molar-refractivity contribution in [3.8, 4) is 0 Å². The summed E-state index contributed by atoms with van der Waals surface area (Å²) in [6, 6.07) is -0.740. The molecule has 0 saturated heterocycles. The van der Waals surface area contributed by atoms with Crippen molar-refractivity contribution in [3.05, 3.63) is 0 Å². The Morgan fingerprint density at radius 3 is 2.29 bits per heavy atom. The van der Waals surface area contributed by atoms with Gasteiger partial charge in [0.15, 0.2) is 0 Å². The molecule has 0 aliphatic carbocycles. The van der Waals surface area contributed by atoms with Crippen LogP contribution in [0.3, 0.4) is 0 Å². The van der Waals surface area contributed by atoms with Crippen LogP contribution >= 0.6 is 11.6 Å². The lowest BCUT2D eigenvalue weighted by atomic mass is 10.1. The molecular formula is C9H16ClNO3. The standard InChI is InChI=1S/C9H16ClNO3/c1-3-5-7(9(13)14)11(4-2)8(12)6-10/h7H,3-6H2,1-2H3,(H,13,14). The molecule has 1 unspecified atom stereocenters. The summed E-state index contributed by atoms with van der Waals surface area (Å²) in [6.07, 6.45) is 1.19. The molecule has 0 aromatic rings. The molecule has 4 nitrogen and oxygen atoms in total. The highest BCUT2D eigenvalue weighted by atomic mass is 35.5. The SMILES string of the molecule is CCCC(C(=O)O)N(CC)C(=O)CCl. The maximum Gasteiger partial charge on any atom is 0.326 e. The van der Waals surface area contributed by atoms with Gasteiger partial charge in [-0.15, -0.1) is 11.6 Å². The highest BCUT2D eigenvalue weighted by molar-refractivity contribution is 6.27. The molecule has 0 aromatic carbocycles. The van der Waals surface area contributed by atoms with Crippen molar-refractivity contribution in [1.82, 2.24) is 4.90 Å². The number of carboxylic acid groups (broad SMARTS) is 1. The summed E-state index contributed by atoms with van der Waals surface area (Å²) in [5.41, 5.74) is 0. The van der Waals surface area contributed by atoms with E-state index in [2.05, 4.69) is 0 Å². The van der Waals surface area contributed by atoms with Gasteiger partial charge < -0.3 is 10.0 Å². The van der Waals surface area contributed by atoms with Crippen LogP contribution in [-0.4, -0.2) is 40.3 Å². The molecule has 1 amide bonds. The van der Waals surface area contributed by atoms with E-state index in [1.165, 1.54) is 4.90 Å². The number of amides is 1. The van der Waals surface area contributed by atoms with Crippen LogP contribution in [0.15, 0.2) is 0 Å². The number of hydrogen-bond donors (Lipinski definition) is 1. The fraction of sp³-hybridized carbons (Fsp3) is 0.778. The second-order valence-corrected chi connectivity index (χ2v) is 3.22. The van der Waals surface area contributed by atoms with E-state index in [0.29, 0.717) is 13.0 Å². The highest BCUT2D eigenvalue weighted by Gasteiger charge is 2.26. The van der Waals surface area contributed by atoms with Crippen LogP contribution in [0.25, 0.3) is 0 Å². The van der Waals surface area contributed by atoms with E-state index in [9.17, 15) is 9.59 Å². The third-order valence-corrected chi connectivity index (χ3v) is 2.23. The first-order chi connectivity index (χ1) is 6.58. The van der Waals surface area contributed by atoms with Gasteiger partial charge in [0, 0.05) is 6.54 Å². The molecule has 82 valence electrons. The smallest absolute Gasteiger partial charge is 0.326 e. The van der Waals surface area contributed by atoms with Gasteiger partial charge in [-0.3, -0.25) is 4.79 Å². The Bertz CT molecular complexity index is 208. The summed E-state index contributed by atoms with van der Waals surface area (Å²) >= 11 is 5.39. The summed E-state index contributed by atoms with van der Waals surface area (Å²) in [5, 5.41) is 8.91. The van der Waals surface area contributed by atoms with E-state index in [4.69, 9.17) is 16.7 Å². The number of halogens is 1. The topological polar surface area (TPSA) is 57.6 Å². The lowest BCUT2D eigenvalue weighted by Crippen LogP contribution is -2.45. The van der Waals surface area contributed by atoms with Crippen molar-refractivity contribution in [2.45, 2.75) is 32.7 Å². The van der Waals surface area contributed by atoms with Crippen molar-refractivity contribution in [2.75, 3.05) is 12.4 Å². The van der Waals surface area contributed by atoms with Gasteiger partial charge in [-0.25, -0.2) is 4.79 Å². The molecule has 0 bridgehead atoms. The summed E-state index contributed by atoms with van der Waals surface area (Å²) in [6.45, 7) is 4.01. The van der Waals surface area contributed by atoms with Gasteiger partial charge in [-0.2, -0.15) is 0 Å². The number of likely N-dealkylation sites (N-methyl/N-ethyl adjacent to an activating group) is 1. The first kappa shape index (κ1) is 13.2. The molecule has 0 heterocycles. The van der Waals surface area contributed by atoms with Gasteiger partial charge in [-0.05, 0) is 13.3 Å². The van der Waals surface area contributed by atoms with Crippen LogP contribution in [0.1, 0.15) is 26.7 Å². The second kappa shape index (κ2) is 6.65. The molecule has 0 rings (SSSR count). The van der Waals surface area contributed by atoms with Crippen LogP contribution in [0.5, 0.6) is 0 Å². The molecule has 0 spiro atoms. The van der Waals surface area contributed by atoms with Crippen molar-refractivity contribution in [3.63, 3.8) is 0 Å². The van der Waals surface area contributed by atoms with E-state index >= 15 is 0 Å². The molecule has 1 N–H and O–H groups in total. The average molecular weight is 222 g/mol. The number of rotatable bonds is 6. The minimum atomic E-state index is -0.966. The first-order valence-corrected chi connectivity index (χ1v) is 5.20. The van der Waals surface area contributed by atoms with Gasteiger partial charge in [0.2, 0.25) is 5.91 Å². The zero-order valence-corrected chi connectivity index (χ0v) is 9.25. The Labute approximate surface area is 88.8 Å². The molecule has 14 heavy (non-hydrogen) atoms. The number of hydrogen-bond acceptors (Lipinski definition) is 2. The van der Waals surface area contributed by atoms with E-state index < -0.39 is 12.0 Å². The lowest BCUT2D eigenvalue weighted by Gasteiger charge is -2.26. The van der Waals surface area contributed by atoms with E-state index in [1.54, 1.807) is 6.92 Å². The van der Waals surface area contributed by atoms with Gasteiger partial charge in [0.1, 0.15) is 11.9 Å². The molecule has 0 radical (unpaired) electrons. The predicted molar refractivity (Wildman–Crippen MR) is 54.4 cm³/mol. The number of alkyl halides is 1. The van der Waals surface area contributed by atoms with Crippen molar-refractivity contribution >= 4 is 23.5 Å². The van der Waals surface area contributed by atoms with Gasteiger partial charge in [0.25, 0.3) is 0 Å². The number of aliphatic carboxylic acids is 1. The molecule has 5 heteroatoms. The molecular weight excluding hydrogens is 206 g/mol. The minimum absolute atomic E-state index is 0.165. The van der Waals surface area contributed by atoms with Crippen molar-refractivity contribution in [1.29, 1.82) is 0 Å². The third kappa shape index (κ3) is 3.54. The summed E-state index contributed by atoms with van der Waals surface area (Å²) in [4.78, 5) is 23.5. The quantitative estimate of drug-likeness (QED) is 0.689. The molecule has 0 aliphatic rings. The Morgan fingerprint density at radius 1 is 1.43 bits per heavy atom. The van der Waals surface area contributed by atoms with Crippen LogP contribution in [0, 0.1) is 0 Å². The van der Waals surface area contributed by atoms with Gasteiger partial charge in [0.05, 0.1) is 0 Å². The first-order valence-electron chi connectivity index (χ1n) is 4.66. The zero-order chi connectivity index (χ0) is 11.1. The third-order valence-electron chi connectivity index (χ3n) is 2.00. The fourth-order valence-corrected chi connectivity index (χ4v) is 1.49. The summed E-state index contributed by atoms with van der Waals surface area (Å²) < 4.78 is 0. The molecule has 0 fully saturated rings. The number of carbonyl (C=O) groups is 2. The van der Waals surface area contributed by atoms with E-state index in [-0.39, 0.29) is 11.8 Å². The fourth-order valence-electron chi connectivity index (χ4n) is 1.33. The zero-order valence-electron chi connectivity index (χ0n) is 8.49. The Kier molecular flexibility index (Phi) is 6.28. The van der Waals surface area contributed by atoms with Crippen LogP contribution < -0.4 is 0 Å². The average Bonchev–Trinajstić information content (AvgIpc) is 2.16. The second-order valence-electron chi connectivity index (χ2n) is 2.96. The predicted octanol–water partition coefficient (Wildman–Crippen LogP) is 1.33. The van der Waals surface area contributed by atoms with Gasteiger partial charge >= 0.3 is 5.97 Å². The lowest BCUT2D eigenvalue weighted by molar-refractivity contribution is -0.149. The normalized spacial score (nSPS) is 12.2. The Morgan fingerprint density at radius 2 is 2.00 bits per heavy atom. The van der Waals surface area contributed by atoms with Crippen LogP contribution in [0.2, 0.25) is 0 Å². The van der Waals surface area contributed by atoms with Crippen molar-refractivity contribution in [2.24, 2.45) is 0 Å². The molecule has 1 atom stereocenters. The maximum absolute atomic E-state index is 11.3. The molecule has 0 aromatic heterocycles. The largest absolute Gasteiger partial charge is 0.480 e. The monoisotopic (exact) mass is 221 g/mol. The van der Waals surface area contributed by atoms with Crippen molar-refractivity contribution < 1.29 is 14.7 Å². The maximum atomic E-state index is 11.3. The summed E-state index contributed by atoms with van der Waals surface area (Å²) in [5.74, 6) is -1.45. The van der Waals surface area contributed by atoms with E-state index in [1.807, 2.05) is 6.92 Å².